The molecular formula is C19H21ClN6O2. The molecule has 0 unspecified atom stereocenters. The van der Waals surface area contributed by atoms with Crippen LogP contribution in [0.3, 0.4) is 0 Å². The molecule has 2 aromatic heterocycles. The standard InChI is InChI=1S/C19H21ClN6O2/c1-11(17(27)26-9-7-19(5-6-19)8-10-26)21-18-25-24-16(28-18)15-12-3-2-4-13(20)14(12)22-23-15/h2-4,11H,5-10H2,1H3,(H,21,25)(H,22,23)/t11-/m1/s1. The van der Waals surface area contributed by atoms with E-state index in [0.717, 1.165) is 31.3 Å². The number of piperidine rings is 1. The van der Waals surface area contributed by atoms with Gasteiger partial charge in [-0.2, -0.15) is 5.10 Å². The summed E-state index contributed by atoms with van der Waals surface area (Å²) in [5, 5.41) is 19.6. The van der Waals surface area contributed by atoms with E-state index in [1.54, 1.807) is 6.07 Å². The molecule has 1 amide bonds. The summed E-state index contributed by atoms with van der Waals surface area (Å²) in [6, 6.07) is 5.26. The molecule has 146 valence electrons. The van der Waals surface area contributed by atoms with Crippen LogP contribution in [-0.2, 0) is 4.79 Å². The fraction of sp³-hybridized carbons (Fsp3) is 0.474. The van der Waals surface area contributed by atoms with E-state index in [9.17, 15) is 4.79 Å². The summed E-state index contributed by atoms with van der Waals surface area (Å²) < 4.78 is 5.71. The number of aromatic nitrogens is 4. The molecule has 0 radical (unpaired) electrons. The van der Waals surface area contributed by atoms with Crippen molar-refractivity contribution in [2.75, 3.05) is 18.4 Å². The Labute approximate surface area is 166 Å². The molecule has 5 rings (SSSR count). The van der Waals surface area contributed by atoms with Crippen LogP contribution in [0.15, 0.2) is 22.6 Å². The van der Waals surface area contributed by atoms with Crippen molar-refractivity contribution in [2.24, 2.45) is 5.41 Å². The number of amides is 1. The third-order valence-corrected chi connectivity index (χ3v) is 6.28. The van der Waals surface area contributed by atoms with Gasteiger partial charge in [0.05, 0.1) is 5.02 Å². The highest BCUT2D eigenvalue weighted by molar-refractivity contribution is 6.35. The van der Waals surface area contributed by atoms with Crippen LogP contribution in [0.5, 0.6) is 0 Å². The van der Waals surface area contributed by atoms with E-state index in [1.807, 2.05) is 24.0 Å². The minimum Gasteiger partial charge on any atom is -0.402 e. The largest absolute Gasteiger partial charge is 0.402 e. The molecule has 9 heteroatoms. The van der Waals surface area contributed by atoms with Crippen molar-refractivity contribution in [2.45, 2.75) is 38.6 Å². The van der Waals surface area contributed by atoms with Gasteiger partial charge in [-0.25, -0.2) is 0 Å². The Hall–Kier alpha value is -2.61. The second-order valence-electron chi connectivity index (χ2n) is 7.84. The molecule has 2 N–H and O–H groups in total. The number of H-pyrrole nitrogens is 1. The molecule has 0 bridgehead atoms. The van der Waals surface area contributed by atoms with Crippen molar-refractivity contribution < 1.29 is 9.21 Å². The lowest BCUT2D eigenvalue weighted by molar-refractivity contribution is -0.133. The van der Waals surface area contributed by atoms with E-state index >= 15 is 0 Å². The van der Waals surface area contributed by atoms with Crippen LogP contribution < -0.4 is 5.32 Å². The van der Waals surface area contributed by atoms with Gasteiger partial charge in [0.15, 0.2) is 0 Å². The number of carbonyl (C=O) groups excluding carboxylic acids is 1. The molecule has 1 atom stereocenters. The number of para-hydroxylation sites is 1. The Morgan fingerprint density at radius 2 is 2.07 bits per heavy atom. The van der Waals surface area contributed by atoms with Crippen LogP contribution in [0, 0.1) is 5.41 Å². The third kappa shape index (κ3) is 3.01. The predicted octanol–water partition coefficient (Wildman–Crippen LogP) is 3.47. The first-order valence-electron chi connectivity index (χ1n) is 9.56. The number of halogens is 1. The molecular weight excluding hydrogens is 380 g/mol. The zero-order valence-corrected chi connectivity index (χ0v) is 16.3. The van der Waals surface area contributed by atoms with Crippen molar-refractivity contribution in [3.8, 4) is 11.6 Å². The van der Waals surface area contributed by atoms with E-state index in [0.29, 0.717) is 27.5 Å². The van der Waals surface area contributed by atoms with Gasteiger partial charge in [0.1, 0.15) is 17.3 Å². The maximum absolute atomic E-state index is 12.7. The quantitative estimate of drug-likeness (QED) is 0.695. The normalized spacial score (nSPS) is 19.1. The van der Waals surface area contributed by atoms with Gasteiger partial charge >= 0.3 is 6.01 Å². The van der Waals surface area contributed by atoms with E-state index in [2.05, 4.69) is 25.7 Å². The number of nitrogens with one attached hydrogen (secondary N) is 2. The molecule has 1 aliphatic heterocycles. The van der Waals surface area contributed by atoms with Gasteiger partial charge in [-0.15, -0.1) is 5.10 Å². The molecule has 1 aromatic carbocycles. The van der Waals surface area contributed by atoms with Crippen LogP contribution in [0.25, 0.3) is 22.5 Å². The minimum absolute atomic E-state index is 0.0639. The Morgan fingerprint density at radius 3 is 2.82 bits per heavy atom. The summed E-state index contributed by atoms with van der Waals surface area (Å²) in [6.07, 6.45) is 4.87. The number of likely N-dealkylation sites (tertiary alicyclic amines) is 1. The maximum Gasteiger partial charge on any atom is 0.316 e. The summed E-state index contributed by atoms with van der Waals surface area (Å²) >= 11 is 6.16. The Morgan fingerprint density at radius 1 is 1.29 bits per heavy atom. The molecule has 28 heavy (non-hydrogen) atoms. The van der Waals surface area contributed by atoms with Gasteiger partial charge in [-0.3, -0.25) is 9.89 Å². The van der Waals surface area contributed by atoms with Crippen LogP contribution in [0.2, 0.25) is 5.02 Å². The van der Waals surface area contributed by atoms with Crippen LogP contribution in [0.4, 0.5) is 6.01 Å². The number of hydrogen-bond acceptors (Lipinski definition) is 6. The summed E-state index contributed by atoms with van der Waals surface area (Å²) in [5.74, 6) is 0.356. The number of nitrogens with zero attached hydrogens (tertiary/aromatic N) is 4. The van der Waals surface area contributed by atoms with Crippen molar-refractivity contribution in [3.63, 3.8) is 0 Å². The first-order chi connectivity index (χ1) is 13.5. The molecule has 2 fully saturated rings. The summed E-state index contributed by atoms with van der Waals surface area (Å²) in [5.41, 5.74) is 1.79. The number of hydrogen-bond donors (Lipinski definition) is 2. The lowest BCUT2D eigenvalue weighted by atomic mass is 9.93. The van der Waals surface area contributed by atoms with E-state index in [1.165, 1.54) is 12.8 Å². The zero-order chi connectivity index (χ0) is 19.3. The highest BCUT2D eigenvalue weighted by atomic mass is 35.5. The number of rotatable bonds is 4. The van der Waals surface area contributed by atoms with Gasteiger partial charge in [0.2, 0.25) is 5.91 Å². The lowest BCUT2D eigenvalue weighted by Crippen LogP contribution is -2.45. The van der Waals surface area contributed by atoms with Gasteiger partial charge in [-0.1, -0.05) is 28.8 Å². The molecule has 2 aliphatic rings. The first kappa shape index (κ1) is 17.5. The van der Waals surface area contributed by atoms with E-state index in [4.69, 9.17) is 16.0 Å². The summed E-state index contributed by atoms with van der Waals surface area (Å²) in [4.78, 5) is 14.7. The fourth-order valence-corrected chi connectivity index (χ4v) is 4.16. The highest BCUT2D eigenvalue weighted by Crippen LogP contribution is 2.53. The fourth-order valence-electron chi connectivity index (χ4n) is 3.95. The monoisotopic (exact) mass is 400 g/mol. The average molecular weight is 401 g/mol. The molecule has 1 spiro atoms. The average Bonchev–Trinajstić information content (AvgIpc) is 3.10. The molecule has 1 saturated heterocycles. The predicted molar refractivity (Wildman–Crippen MR) is 105 cm³/mol. The molecule has 3 aromatic rings. The summed E-state index contributed by atoms with van der Waals surface area (Å²) in [7, 11) is 0. The number of fused-ring (bicyclic) bond motifs is 1. The maximum atomic E-state index is 12.7. The Kier molecular flexibility index (Phi) is 4.04. The Balaban J connectivity index is 1.28. The lowest BCUT2D eigenvalue weighted by Gasteiger charge is -2.33. The SMILES string of the molecule is C[C@@H](Nc1nnc(-c2[nH]nc3c(Cl)cccc23)o1)C(=O)N1CCC2(CC1)CC2. The topological polar surface area (TPSA) is 99.9 Å². The number of aromatic amines is 1. The molecule has 1 saturated carbocycles. The van der Waals surface area contributed by atoms with E-state index < -0.39 is 6.04 Å². The van der Waals surface area contributed by atoms with Gasteiger partial charge in [0.25, 0.3) is 5.89 Å². The molecule has 1 aliphatic carbocycles. The van der Waals surface area contributed by atoms with Crippen molar-refractivity contribution in [1.29, 1.82) is 0 Å². The number of anilines is 1. The number of carbonyl (C=O) groups is 1. The van der Waals surface area contributed by atoms with Gasteiger partial charge in [0, 0.05) is 18.5 Å². The minimum atomic E-state index is -0.436. The summed E-state index contributed by atoms with van der Waals surface area (Å²) in [6.45, 7) is 3.49. The highest BCUT2D eigenvalue weighted by Gasteiger charge is 2.45. The second kappa shape index (κ2) is 6.48. The van der Waals surface area contributed by atoms with Crippen molar-refractivity contribution >= 4 is 34.4 Å². The van der Waals surface area contributed by atoms with Gasteiger partial charge in [-0.05, 0) is 44.1 Å². The second-order valence-corrected chi connectivity index (χ2v) is 8.25. The first-order valence-corrected chi connectivity index (χ1v) is 9.94. The van der Waals surface area contributed by atoms with Crippen LogP contribution in [0.1, 0.15) is 32.6 Å². The zero-order valence-electron chi connectivity index (χ0n) is 15.5. The van der Waals surface area contributed by atoms with Crippen LogP contribution >= 0.6 is 11.6 Å². The number of benzene rings is 1. The van der Waals surface area contributed by atoms with Crippen molar-refractivity contribution in [3.05, 3.63) is 23.2 Å². The van der Waals surface area contributed by atoms with Crippen LogP contribution in [-0.4, -0.2) is 50.3 Å². The molecule has 3 heterocycles. The smallest absolute Gasteiger partial charge is 0.316 e. The third-order valence-electron chi connectivity index (χ3n) is 5.98. The molecule has 8 nitrogen and oxygen atoms in total. The van der Waals surface area contributed by atoms with Crippen molar-refractivity contribution in [1.82, 2.24) is 25.3 Å². The van der Waals surface area contributed by atoms with E-state index in [-0.39, 0.29) is 11.9 Å². The van der Waals surface area contributed by atoms with Gasteiger partial charge < -0.3 is 14.6 Å². The Bertz CT molecular complexity index is 1030.